The number of hydrogen-bond acceptors (Lipinski definition) is 3. The van der Waals surface area contributed by atoms with Crippen molar-refractivity contribution in [3.8, 4) is 0 Å². The molecule has 2 aromatic carbocycles. The molecule has 1 saturated heterocycles. The lowest BCUT2D eigenvalue weighted by Gasteiger charge is -2.31. The van der Waals surface area contributed by atoms with Crippen LogP contribution in [0.5, 0.6) is 0 Å². The number of likely N-dealkylation sites (tertiary alicyclic amines) is 1. The Hall–Kier alpha value is -2.17. The smallest absolute Gasteiger partial charge is 0.225 e. The van der Waals surface area contributed by atoms with E-state index in [-0.39, 0.29) is 17.9 Å². The normalized spacial score (nSPS) is 19.8. The van der Waals surface area contributed by atoms with Crippen molar-refractivity contribution in [2.24, 2.45) is 17.6 Å². The molecule has 3 N–H and O–H groups in total. The van der Waals surface area contributed by atoms with Crippen molar-refractivity contribution in [1.82, 2.24) is 10.2 Å². The summed E-state index contributed by atoms with van der Waals surface area (Å²) in [5, 5.41) is 3.10. The summed E-state index contributed by atoms with van der Waals surface area (Å²) < 4.78 is 0. The molecule has 4 nitrogen and oxygen atoms in total. The van der Waals surface area contributed by atoms with Gasteiger partial charge in [-0.3, -0.25) is 9.69 Å². The van der Waals surface area contributed by atoms with Gasteiger partial charge in [-0.15, -0.1) is 0 Å². The largest absolute Gasteiger partial charge is 0.352 e. The van der Waals surface area contributed by atoms with Crippen LogP contribution in [0.15, 0.2) is 54.6 Å². The first-order valence-corrected chi connectivity index (χ1v) is 10.4. The minimum atomic E-state index is -0.300. The molecule has 150 valence electrons. The lowest BCUT2D eigenvalue weighted by Crippen LogP contribution is -2.36. The van der Waals surface area contributed by atoms with Crippen LogP contribution >= 0.6 is 0 Å². The number of nitrogens with two attached hydrogens (primary N) is 1. The molecule has 4 heteroatoms. The Bertz CT molecular complexity index is 761. The fourth-order valence-electron chi connectivity index (χ4n) is 4.03. The molecule has 0 spiro atoms. The Morgan fingerprint density at radius 1 is 1.14 bits per heavy atom. The highest BCUT2D eigenvalue weighted by molar-refractivity contribution is 5.79. The molecule has 1 aliphatic rings. The maximum atomic E-state index is 12.7. The molecule has 0 saturated carbocycles. The lowest BCUT2D eigenvalue weighted by molar-refractivity contribution is -0.125. The van der Waals surface area contributed by atoms with Gasteiger partial charge in [-0.2, -0.15) is 0 Å². The summed E-state index contributed by atoms with van der Waals surface area (Å²) in [6.07, 6.45) is 2.60. The van der Waals surface area contributed by atoms with Crippen LogP contribution in [0.2, 0.25) is 0 Å². The third-order valence-corrected chi connectivity index (χ3v) is 5.84. The van der Waals surface area contributed by atoms with Crippen LogP contribution in [0.1, 0.15) is 49.4 Å². The zero-order valence-corrected chi connectivity index (χ0v) is 17.1. The van der Waals surface area contributed by atoms with Gasteiger partial charge in [0.1, 0.15) is 0 Å². The van der Waals surface area contributed by atoms with E-state index >= 15 is 0 Å². The van der Waals surface area contributed by atoms with Crippen LogP contribution < -0.4 is 11.1 Å². The van der Waals surface area contributed by atoms with E-state index in [0.29, 0.717) is 6.54 Å². The number of rotatable bonds is 7. The second-order valence-corrected chi connectivity index (χ2v) is 8.19. The van der Waals surface area contributed by atoms with Gasteiger partial charge in [-0.25, -0.2) is 0 Å². The fourth-order valence-corrected chi connectivity index (χ4v) is 4.03. The van der Waals surface area contributed by atoms with Gasteiger partial charge in [-0.05, 0) is 42.0 Å². The summed E-state index contributed by atoms with van der Waals surface area (Å²) in [5.41, 5.74) is 9.79. The number of carbonyl (C=O) groups is 1. The first-order valence-electron chi connectivity index (χ1n) is 10.4. The molecule has 3 unspecified atom stereocenters. The summed E-state index contributed by atoms with van der Waals surface area (Å²) in [5.74, 6) is 0.483. The molecule has 2 aromatic rings. The number of nitrogens with one attached hydrogen (secondary N) is 1. The second-order valence-electron chi connectivity index (χ2n) is 8.19. The van der Waals surface area contributed by atoms with Gasteiger partial charge in [0.2, 0.25) is 5.91 Å². The second kappa shape index (κ2) is 9.85. The van der Waals surface area contributed by atoms with Gasteiger partial charge in [-0.1, -0.05) is 68.4 Å². The molecule has 1 heterocycles. The summed E-state index contributed by atoms with van der Waals surface area (Å²) in [6.45, 7) is 8.04. The van der Waals surface area contributed by atoms with Crippen LogP contribution in [0, 0.1) is 11.8 Å². The van der Waals surface area contributed by atoms with E-state index in [2.05, 4.69) is 35.3 Å². The molecule has 3 rings (SSSR count). The number of amides is 1. The van der Waals surface area contributed by atoms with E-state index < -0.39 is 0 Å². The topological polar surface area (TPSA) is 58.4 Å². The Morgan fingerprint density at radius 3 is 2.54 bits per heavy atom. The van der Waals surface area contributed by atoms with Crippen molar-refractivity contribution >= 4 is 5.91 Å². The van der Waals surface area contributed by atoms with Crippen LogP contribution in [-0.4, -0.2) is 23.9 Å². The summed E-state index contributed by atoms with van der Waals surface area (Å²) in [7, 11) is 0. The molecule has 1 fully saturated rings. The number of piperidine rings is 1. The molecule has 28 heavy (non-hydrogen) atoms. The molecular weight excluding hydrogens is 346 g/mol. The van der Waals surface area contributed by atoms with Gasteiger partial charge >= 0.3 is 0 Å². The van der Waals surface area contributed by atoms with E-state index in [4.69, 9.17) is 5.73 Å². The lowest BCUT2D eigenvalue weighted by atomic mass is 9.94. The first-order chi connectivity index (χ1) is 13.5. The minimum Gasteiger partial charge on any atom is -0.352 e. The Kier molecular flexibility index (Phi) is 7.24. The van der Waals surface area contributed by atoms with Crippen LogP contribution in [0.4, 0.5) is 0 Å². The van der Waals surface area contributed by atoms with E-state index in [1.165, 1.54) is 24.0 Å². The first kappa shape index (κ1) is 20.6. The summed E-state index contributed by atoms with van der Waals surface area (Å²) >= 11 is 0. The highest BCUT2D eigenvalue weighted by Gasteiger charge is 2.22. The molecule has 0 bridgehead atoms. The van der Waals surface area contributed by atoms with Gasteiger partial charge in [0, 0.05) is 25.7 Å². The molecular formula is C24H33N3O. The van der Waals surface area contributed by atoms with Crippen LogP contribution in [-0.2, 0) is 17.9 Å². The maximum absolute atomic E-state index is 12.7. The molecule has 0 aliphatic carbocycles. The van der Waals surface area contributed by atoms with Crippen molar-refractivity contribution < 1.29 is 4.79 Å². The average Bonchev–Trinajstić information content (AvgIpc) is 2.72. The van der Waals surface area contributed by atoms with Crippen molar-refractivity contribution in [1.29, 1.82) is 0 Å². The van der Waals surface area contributed by atoms with Crippen LogP contribution in [0.25, 0.3) is 0 Å². The average molecular weight is 380 g/mol. The zero-order chi connectivity index (χ0) is 19.9. The molecule has 3 atom stereocenters. The third-order valence-electron chi connectivity index (χ3n) is 5.84. The number of carbonyl (C=O) groups excluding carboxylic acids is 1. The van der Waals surface area contributed by atoms with Crippen molar-refractivity contribution in [3.63, 3.8) is 0 Å². The molecule has 1 aliphatic heterocycles. The van der Waals surface area contributed by atoms with Crippen molar-refractivity contribution in [3.05, 3.63) is 71.3 Å². The zero-order valence-electron chi connectivity index (χ0n) is 17.1. The monoisotopic (exact) mass is 379 g/mol. The van der Waals surface area contributed by atoms with E-state index in [0.717, 1.165) is 31.1 Å². The standard InChI is InChI=1S/C24H33N3O/c1-18-9-8-14-27(16-18)17-22-13-7-6-12-21(22)15-26-24(28)19(2)23(25)20-10-4-3-5-11-20/h3-7,10-13,18-19,23H,8-9,14-17,25H2,1-2H3,(H,26,28). The van der Waals surface area contributed by atoms with Gasteiger partial charge < -0.3 is 11.1 Å². The van der Waals surface area contributed by atoms with Gasteiger partial charge in [0.05, 0.1) is 5.92 Å². The number of nitrogens with zero attached hydrogens (tertiary/aromatic N) is 1. The molecule has 1 amide bonds. The predicted octanol–water partition coefficient (Wildman–Crippen LogP) is 3.87. The summed E-state index contributed by atoms with van der Waals surface area (Å²) in [6, 6.07) is 17.9. The fraction of sp³-hybridized carbons (Fsp3) is 0.458. The number of benzene rings is 2. The predicted molar refractivity (Wildman–Crippen MR) is 114 cm³/mol. The van der Waals surface area contributed by atoms with Crippen molar-refractivity contribution in [2.75, 3.05) is 13.1 Å². The van der Waals surface area contributed by atoms with Crippen LogP contribution in [0.3, 0.4) is 0 Å². The van der Waals surface area contributed by atoms with E-state index in [1.807, 2.05) is 43.3 Å². The van der Waals surface area contributed by atoms with E-state index in [9.17, 15) is 4.79 Å². The van der Waals surface area contributed by atoms with E-state index in [1.54, 1.807) is 0 Å². The van der Waals surface area contributed by atoms with Crippen molar-refractivity contribution in [2.45, 2.75) is 45.8 Å². The SMILES string of the molecule is CC1CCCN(Cc2ccccc2CNC(=O)C(C)C(N)c2ccccc2)C1. The number of hydrogen-bond donors (Lipinski definition) is 2. The minimum absolute atomic E-state index is 0.00208. The third kappa shape index (κ3) is 5.43. The Labute approximate surface area is 169 Å². The highest BCUT2D eigenvalue weighted by atomic mass is 16.1. The summed E-state index contributed by atoms with van der Waals surface area (Å²) in [4.78, 5) is 15.2. The van der Waals surface area contributed by atoms with Gasteiger partial charge in [0.25, 0.3) is 0 Å². The quantitative estimate of drug-likeness (QED) is 0.768. The van der Waals surface area contributed by atoms with Gasteiger partial charge in [0.15, 0.2) is 0 Å². The molecule has 0 aromatic heterocycles. The Balaban J connectivity index is 1.59. The highest BCUT2D eigenvalue weighted by Crippen LogP contribution is 2.21. The maximum Gasteiger partial charge on any atom is 0.225 e. The molecule has 0 radical (unpaired) electrons. The Morgan fingerprint density at radius 2 is 1.82 bits per heavy atom.